The van der Waals surface area contributed by atoms with Crippen LogP contribution in [0.15, 0.2) is 30.3 Å². The minimum Gasteiger partial charge on any atom is -0.406 e. The molecule has 6 nitrogen and oxygen atoms in total. The van der Waals surface area contributed by atoms with Crippen molar-refractivity contribution >= 4 is 5.65 Å². The zero-order valence-electron chi connectivity index (χ0n) is 13.5. The first-order valence-corrected chi connectivity index (χ1v) is 7.53. The minimum absolute atomic E-state index is 0.267. The third kappa shape index (κ3) is 3.87. The topological polar surface area (TPSA) is 61.5 Å². The second-order valence-electron chi connectivity index (χ2n) is 5.27. The number of nitrogens with zero attached hydrogens (tertiary/aromatic N) is 4. The molecule has 0 aliphatic heterocycles. The molecule has 0 spiro atoms. The number of benzene rings is 1. The number of alkyl halides is 3. The third-order valence-electron chi connectivity index (χ3n) is 3.47. The number of fused-ring (bicyclic) bond motifs is 1. The monoisotopic (exact) mass is 352 g/mol. The highest BCUT2D eigenvalue weighted by Gasteiger charge is 2.31. The van der Waals surface area contributed by atoms with Gasteiger partial charge in [0.2, 0.25) is 0 Å². The Balaban J connectivity index is 1.95. The van der Waals surface area contributed by atoms with Gasteiger partial charge in [-0.2, -0.15) is 9.61 Å². The lowest BCUT2D eigenvalue weighted by Gasteiger charge is -2.11. The fourth-order valence-corrected chi connectivity index (χ4v) is 2.38. The Hall–Kier alpha value is -2.68. The average Bonchev–Trinajstić information content (AvgIpc) is 2.93. The molecule has 0 fully saturated rings. The molecule has 0 bridgehead atoms. The Labute approximate surface area is 141 Å². The predicted octanol–water partition coefficient (Wildman–Crippen LogP) is 3.53. The summed E-state index contributed by atoms with van der Waals surface area (Å²) in [5.74, 6) is 0.282. The molecular formula is C16H15F3N4O2. The van der Waals surface area contributed by atoms with Crippen LogP contribution in [0.1, 0.15) is 18.3 Å². The van der Waals surface area contributed by atoms with Crippen LogP contribution in [0, 0.1) is 6.92 Å². The second-order valence-corrected chi connectivity index (χ2v) is 5.27. The van der Waals surface area contributed by atoms with E-state index in [1.807, 2.05) is 6.92 Å². The van der Waals surface area contributed by atoms with Gasteiger partial charge in [-0.1, -0.05) is 0 Å². The summed E-state index contributed by atoms with van der Waals surface area (Å²) in [6.45, 7) is 4.37. The summed E-state index contributed by atoms with van der Waals surface area (Å²) in [7, 11) is 0. The Kier molecular flexibility index (Phi) is 4.58. The Bertz CT molecular complexity index is 893. The van der Waals surface area contributed by atoms with E-state index >= 15 is 0 Å². The van der Waals surface area contributed by atoms with Crippen LogP contribution in [0.2, 0.25) is 0 Å². The molecule has 0 aliphatic rings. The molecule has 0 unspecified atom stereocenters. The van der Waals surface area contributed by atoms with Crippen LogP contribution in [0.5, 0.6) is 5.75 Å². The van der Waals surface area contributed by atoms with Crippen LogP contribution in [0.3, 0.4) is 0 Å². The van der Waals surface area contributed by atoms with Crippen LogP contribution in [0.4, 0.5) is 13.2 Å². The molecule has 1 aromatic carbocycles. The first-order valence-electron chi connectivity index (χ1n) is 7.53. The number of hydrogen-bond acceptors (Lipinski definition) is 5. The molecule has 0 aliphatic carbocycles. The number of rotatable bonds is 5. The maximum atomic E-state index is 12.3. The van der Waals surface area contributed by atoms with Crippen molar-refractivity contribution in [2.45, 2.75) is 26.8 Å². The normalized spacial score (nSPS) is 11.9. The van der Waals surface area contributed by atoms with E-state index in [1.165, 1.54) is 18.2 Å². The van der Waals surface area contributed by atoms with Gasteiger partial charge in [0, 0.05) is 12.2 Å². The van der Waals surface area contributed by atoms with Gasteiger partial charge in [0.15, 0.2) is 11.5 Å². The Morgan fingerprint density at radius 1 is 1.12 bits per heavy atom. The fraction of sp³-hybridized carbons (Fsp3) is 0.312. The van der Waals surface area contributed by atoms with E-state index in [4.69, 9.17) is 4.74 Å². The van der Waals surface area contributed by atoms with E-state index in [1.54, 1.807) is 23.6 Å². The maximum absolute atomic E-state index is 12.3. The zero-order chi connectivity index (χ0) is 18.0. The number of halogens is 3. The van der Waals surface area contributed by atoms with Crippen molar-refractivity contribution in [1.29, 1.82) is 0 Å². The molecule has 0 saturated carbocycles. The van der Waals surface area contributed by atoms with Crippen molar-refractivity contribution in [2.24, 2.45) is 0 Å². The van der Waals surface area contributed by atoms with Crippen molar-refractivity contribution in [3.8, 4) is 17.0 Å². The highest BCUT2D eigenvalue weighted by Crippen LogP contribution is 2.29. The van der Waals surface area contributed by atoms with Gasteiger partial charge >= 0.3 is 6.36 Å². The van der Waals surface area contributed by atoms with Crippen molar-refractivity contribution in [1.82, 2.24) is 19.8 Å². The molecule has 0 amide bonds. The van der Waals surface area contributed by atoms with E-state index in [9.17, 15) is 13.2 Å². The quantitative estimate of drug-likeness (QED) is 0.703. The minimum atomic E-state index is -4.72. The van der Waals surface area contributed by atoms with Crippen LogP contribution < -0.4 is 4.74 Å². The second kappa shape index (κ2) is 6.67. The molecule has 132 valence electrons. The smallest absolute Gasteiger partial charge is 0.406 e. The van der Waals surface area contributed by atoms with Gasteiger partial charge in [0.05, 0.1) is 5.69 Å². The number of ether oxygens (including phenoxy) is 2. The zero-order valence-corrected chi connectivity index (χ0v) is 13.5. The van der Waals surface area contributed by atoms with Crippen LogP contribution in [-0.2, 0) is 11.3 Å². The first-order chi connectivity index (χ1) is 11.9. The summed E-state index contributed by atoms with van der Waals surface area (Å²) in [6.07, 6.45) is -4.72. The molecule has 3 rings (SSSR count). The third-order valence-corrected chi connectivity index (χ3v) is 3.47. The largest absolute Gasteiger partial charge is 0.573 e. The van der Waals surface area contributed by atoms with E-state index in [0.29, 0.717) is 34.9 Å². The predicted molar refractivity (Wildman–Crippen MR) is 83.0 cm³/mol. The van der Waals surface area contributed by atoms with Crippen LogP contribution in [-0.4, -0.2) is 32.8 Å². The van der Waals surface area contributed by atoms with Crippen molar-refractivity contribution in [3.05, 3.63) is 41.7 Å². The van der Waals surface area contributed by atoms with Crippen LogP contribution >= 0.6 is 0 Å². The summed E-state index contributed by atoms with van der Waals surface area (Å²) in [6, 6.07) is 7.60. The van der Waals surface area contributed by atoms with Crippen LogP contribution in [0.25, 0.3) is 16.9 Å². The lowest BCUT2D eigenvalue weighted by Crippen LogP contribution is -2.17. The van der Waals surface area contributed by atoms with Gasteiger partial charge in [-0.15, -0.1) is 23.4 Å². The molecular weight excluding hydrogens is 337 g/mol. The highest BCUT2D eigenvalue weighted by molar-refractivity contribution is 5.65. The molecule has 0 atom stereocenters. The summed E-state index contributed by atoms with van der Waals surface area (Å²) in [5, 5.41) is 12.5. The molecule has 2 aromatic heterocycles. The standard InChI is InChI=1S/C16H15F3N4O2/c1-3-24-9-15-21-20-14-7-6-13(22-23(14)15)12-5-4-11(8-10(12)2)25-16(17,18)19/h4-8H,3,9H2,1-2H3. The summed E-state index contributed by atoms with van der Waals surface area (Å²) >= 11 is 0. The van der Waals surface area contributed by atoms with Gasteiger partial charge in [0.25, 0.3) is 0 Å². The van der Waals surface area contributed by atoms with Gasteiger partial charge < -0.3 is 9.47 Å². The summed E-state index contributed by atoms with van der Waals surface area (Å²) in [5.41, 5.74) is 2.44. The molecule has 25 heavy (non-hydrogen) atoms. The fourth-order valence-electron chi connectivity index (χ4n) is 2.38. The average molecular weight is 352 g/mol. The number of aromatic nitrogens is 4. The molecule has 0 radical (unpaired) electrons. The van der Waals surface area contributed by atoms with Crippen molar-refractivity contribution in [2.75, 3.05) is 6.61 Å². The molecule has 3 aromatic rings. The van der Waals surface area contributed by atoms with E-state index in [0.717, 1.165) is 0 Å². The lowest BCUT2D eigenvalue weighted by atomic mass is 10.1. The van der Waals surface area contributed by atoms with Gasteiger partial charge in [0.1, 0.15) is 12.4 Å². The van der Waals surface area contributed by atoms with Crippen molar-refractivity contribution in [3.63, 3.8) is 0 Å². The van der Waals surface area contributed by atoms with E-state index < -0.39 is 6.36 Å². The Morgan fingerprint density at radius 2 is 1.92 bits per heavy atom. The first kappa shape index (κ1) is 17.2. The van der Waals surface area contributed by atoms with Crippen molar-refractivity contribution < 1.29 is 22.6 Å². The van der Waals surface area contributed by atoms with E-state index in [2.05, 4.69) is 20.0 Å². The lowest BCUT2D eigenvalue weighted by molar-refractivity contribution is -0.274. The Morgan fingerprint density at radius 3 is 2.60 bits per heavy atom. The molecule has 2 heterocycles. The summed E-state index contributed by atoms with van der Waals surface area (Å²) in [4.78, 5) is 0. The summed E-state index contributed by atoms with van der Waals surface area (Å²) < 4.78 is 47.8. The SMILES string of the molecule is CCOCc1nnc2ccc(-c3ccc(OC(F)(F)F)cc3C)nn12. The maximum Gasteiger partial charge on any atom is 0.573 e. The van der Waals surface area contributed by atoms with Gasteiger partial charge in [-0.05, 0) is 49.7 Å². The molecule has 0 N–H and O–H groups in total. The van der Waals surface area contributed by atoms with E-state index in [-0.39, 0.29) is 12.4 Å². The number of aryl methyl sites for hydroxylation is 1. The number of hydrogen-bond donors (Lipinski definition) is 0. The molecule has 0 saturated heterocycles. The molecule has 9 heteroatoms. The highest BCUT2D eigenvalue weighted by atomic mass is 19.4. The van der Waals surface area contributed by atoms with Gasteiger partial charge in [-0.25, -0.2) is 0 Å². The van der Waals surface area contributed by atoms with Gasteiger partial charge in [-0.3, -0.25) is 0 Å².